The lowest BCUT2D eigenvalue weighted by Crippen LogP contribution is -2.50. The average molecular weight is 412 g/mol. The molecule has 0 aromatic carbocycles. The van der Waals surface area contributed by atoms with Gasteiger partial charge in [0.1, 0.15) is 6.54 Å². The van der Waals surface area contributed by atoms with Crippen molar-refractivity contribution >= 4 is 11.9 Å². The first-order valence-electron chi connectivity index (χ1n) is 11.1. The lowest BCUT2D eigenvalue weighted by Gasteiger charge is -2.35. The van der Waals surface area contributed by atoms with Gasteiger partial charge < -0.3 is 24.6 Å². The molecule has 2 fully saturated rings. The van der Waals surface area contributed by atoms with Crippen LogP contribution in [-0.4, -0.2) is 112 Å². The van der Waals surface area contributed by atoms with Gasteiger partial charge in [-0.15, -0.1) is 0 Å². The fourth-order valence-electron chi connectivity index (χ4n) is 3.99. The van der Waals surface area contributed by atoms with E-state index in [-0.39, 0.29) is 12.5 Å². The summed E-state index contributed by atoms with van der Waals surface area (Å²) in [5.41, 5.74) is 0. The summed E-state index contributed by atoms with van der Waals surface area (Å²) < 4.78 is 11.1. The van der Waals surface area contributed by atoms with Crippen molar-refractivity contribution < 1.29 is 14.3 Å². The van der Waals surface area contributed by atoms with Gasteiger partial charge in [0.2, 0.25) is 5.91 Å². The minimum Gasteiger partial charge on any atom is -0.385 e. The summed E-state index contributed by atoms with van der Waals surface area (Å²) in [6, 6.07) is 0.552. The summed E-state index contributed by atoms with van der Waals surface area (Å²) in [6.07, 6.45) is 5.70. The van der Waals surface area contributed by atoms with E-state index in [1.807, 2.05) is 0 Å². The normalized spacial score (nSPS) is 21.6. The summed E-state index contributed by atoms with van der Waals surface area (Å²) in [6.45, 7) is 8.86. The van der Waals surface area contributed by atoms with Gasteiger partial charge in [-0.1, -0.05) is 6.92 Å². The van der Waals surface area contributed by atoms with Crippen LogP contribution < -0.4 is 5.32 Å². The fraction of sp³-hybridized carbons (Fsp3) is 0.905. The highest BCUT2D eigenvalue weighted by Gasteiger charge is 2.26. The van der Waals surface area contributed by atoms with Gasteiger partial charge >= 0.3 is 0 Å². The van der Waals surface area contributed by atoms with E-state index in [1.54, 1.807) is 26.1 Å². The molecule has 1 unspecified atom stereocenters. The molecule has 0 saturated carbocycles. The SMILES string of the molecule is CCN1CCCC1CNC(=NCC(=O)N(C)C)N1CCC(OCCCOC)CC1. The number of carbonyl (C=O) groups is 1. The van der Waals surface area contributed by atoms with Crippen LogP contribution in [0.1, 0.15) is 39.0 Å². The summed E-state index contributed by atoms with van der Waals surface area (Å²) in [5, 5.41) is 3.57. The number of carbonyl (C=O) groups excluding carboxylic acids is 1. The molecule has 0 spiro atoms. The van der Waals surface area contributed by atoms with Crippen LogP contribution in [0.2, 0.25) is 0 Å². The average Bonchev–Trinajstić information content (AvgIpc) is 3.19. The number of aliphatic imine (C=N–C) groups is 1. The molecule has 168 valence electrons. The standard InChI is InChI=1S/C21H41N5O3/c1-5-25-11-6-8-18(25)16-22-21(23-17-20(27)24(2)3)26-12-9-19(10-13-26)29-15-7-14-28-4/h18-19H,5-17H2,1-4H3,(H,22,23). The van der Waals surface area contributed by atoms with Crippen LogP contribution in [0.25, 0.3) is 0 Å². The maximum atomic E-state index is 12.0. The van der Waals surface area contributed by atoms with Gasteiger partial charge in [-0.3, -0.25) is 9.69 Å². The quantitative estimate of drug-likeness (QED) is 0.329. The molecular weight excluding hydrogens is 370 g/mol. The number of nitrogens with zero attached hydrogens (tertiary/aromatic N) is 4. The molecular formula is C21H41N5O3. The van der Waals surface area contributed by atoms with E-state index in [2.05, 4.69) is 27.0 Å². The Kier molecular flexibility index (Phi) is 10.7. The third kappa shape index (κ3) is 8.10. The second-order valence-electron chi connectivity index (χ2n) is 8.14. The number of piperidine rings is 1. The van der Waals surface area contributed by atoms with Crippen molar-refractivity contribution in [1.82, 2.24) is 20.0 Å². The number of hydrogen-bond acceptors (Lipinski definition) is 5. The summed E-state index contributed by atoms with van der Waals surface area (Å²) in [7, 11) is 5.27. The van der Waals surface area contributed by atoms with Crippen molar-refractivity contribution in [2.24, 2.45) is 4.99 Å². The van der Waals surface area contributed by atoms with Gasteiger partial charge in [0, 0.05) is 60.1 Å². The van der Waals surface area contributed by atoms with Crippen molar-refractivity contribution in [3.05, 3.63) is 0 Å². The third-order valence-corrected chi connectivity index (χ3v) is 5.85. The minimum atomic E-state index is 0.0247. The second kappa shape index (κ2) is 13.0. The summed E-state index contributed by atoms with van der Waals surface area (Å²) in [4.78, 5) is 23.1. The Morgan fingerprint density at radius 2 is 1.93 bits per heavy atom. The van der Waals surface area contributed by atoms with Crippen molar-refractivity contribution in [2.45, 2.75) is 51.2 Å². The maximum absolute atomic E-state index is 12.0. The number of methoxy groups -OCH3 is 1. The molecule has 0 aromatic heterocycles. The zero-order valence-corrected chi connectivity index (χ0v) is 18.9. The van der Waals surface area contributed by atoms with Gasteiger partial charge in [0.25, 0.3) is 0 Å². The molecule has 0 aromatic rings. The topological polar surface area (TPSA) is 69.6 Å². The molecule has 8 heteroatoms. The Bertz CT molecular complexity index is 507. The first-order valence-corrected chi connectivity index (χ1v) is 11.1. The minimum absolute atomic E-state index is 0.0247. The molecule has 1 atom stereocenters. The second-order valence-corrected chi connectivity index (χ2v) is 8.14. The molecule has 29 heavy (non-hydrogen) atoms. The first-order chi connectivity index (χ1) is 14.0. The smallest absolute Gasteiger partial charge is 0.243 e. The van der Waals surface area contributed by atoms with Crippen molar-refractivity contribution in [3.8, 4) is 0 Å². The maximum Gasteiger partial charge on any atom is 0.243 e. The number of amides is 1. The number of rotatable bonds is 10. The monoisotopic (exact) mass is 411 g/mol. The van der Waals surface area contributed by atoms with E-state index in [4.69, 9.17) is 9.47 Å². The van der Waals surface area contributed by atoms with Crippen LogP contribution in [0.5, 0.6) is 0 Å². The highest BCUT2D eigenvalue weighted by Crippen LogP contribution is 2.17. The molecule has 2 saturated heterocycles. The number of hydrogen-bond donors (Lipinski definition) is 1. The Hall–Kier alpha value is -1.38. The highest BCUT2D eigenvalue weighted by molar-refractivity contribution is 5.85. The summed E-state index contributed by atoms with van der Waals surface area (Å²) >= 11 is 0. The molecule has 0 bridgehead atoms. The van der Waals surface area contributed by atoms with Crippen LogP contribution in [-0.2, 0) is 14.3 Å². The van der Waals surface area contributed by atoms with Crippen LogP contribution >= 0.6 is 0 Å². The van der Waals surface area contributed by atoms with E-state index in [9.17, 15) is 4.79 Å². The largest absolute Gasteiger partial charge is 0.385 e. The zero-order chi connectivity index (χ0) is 21.1. The lowest BCUT2D eigenvalue weighted by atomic mass is 10.1. The van der Waals surface area contributed by atoms with Crippen molar-refractivity contribution in [3.63, 3.8) is 0 Å². The van der Waals surface area contributed by atoms with Gasteiger partial charge in [-0.25, -0.2) is 4.99 Å². The zero-order valence-electron chi connectivity index (χ0n) is 18.9. The molecule has 0 radical (unpaired) electrons. The first kappa shape index (κ1) is 23.9. The lowest BCUT2D eigenvalue weighted by molar-refractivity contribution is -0.127. The fourth-order valence-corrected chi connectivity index (χ4v) is 3.99. The number of likely N-dealkylation sites (N-methyl/N-ethyl adjacent to an activating group) is 2. The number of guanidine groups is 1. The number of likely N-dealkylation sites (tertiary alicyclic amines) is 2. The van der Waals surface area contributed by atoms with Crippen LogP contribution in [0, 0.1) is 0 Å². The molecule has 1 amide bonds. The molecule has 1 N–H and O–H groups in total. The van der Waals surface area contributed by atoms with Crippen molar-refractivity contribution in [1.29, 1.82) is 0 Å². The Labute approximate surface area is 176 Å². The van der Waals surface area contributed by atoms with E-state index in [0.29, 0.717) is 12.1 Å². The Morgan fingerprint density at radius 3 is 2.59 bits per heavy atom. The highest BCUT2D eigenvalue weighted by atomic mass is 16.5. The van der Waals surface area contributed by atoms with Crippen LogP contribution in [0.4, 0.5) is 0 Å². The molecule has 2 aliphatic heterocycles. The predicted octanol–water partition coefficient (Wildman–Crippen LogP) is 1.02. The third-order valence-electron chi connectivity index (χ3n) is 5.85. The van der Waals surface area contributed by atoms with Crippen LogP contribution in [0.15, 0.2) is 4.99 Å². The molecule has 2 heterocycles. The molecule has 2 aliphatic rings. The van der Waals surface area contributed by atoms with Gasteiger partial charge in [-0.05, 0) is 45.2 Å². The van der Waals surface area contributed by atoms with Gasteiger partial charge in [-0.2, -0.15) is 0 Å². The number of nitrogens with one attached hydrogen (secondary N) is 1. The Morgan fingerprint density at radius 1 is 1.17 bits per heavy atom. The van der Waals surface area contributed by atoms with Gasteiger partial charge in [0.05, 0.1) is 6.10 Å². The predicted molar refractivity (Wildman–Crippen MR) is 116 cm³/mol. The van der Waals surface area contributed by atoms with E-state index in [0.717, 1.165) is 64.6 Å². The summed E-state index contributed by atoms with van der Waals surface area (Å²) in [5.74, 6) is 0.887. The molecule has 8 nitrogen and oxygen atoms in total. The van der Waals surface area contributed by atoms with Crippen molar-refractivity contribution in [2.75, 3.05) is 73.7 Å². The van der Waals surface area contributed by atoms with E-state index < -0.39 is 0 Å². The number of ether oxygens (including phenoxy) is 2. The molecule has 0 aliphatic carbocycles. The van der Waals surface area contributed by atoms with E-state index in [1.165, 1.54) is 19.4 Å². The molecule has 2 rings (SSSR count). The van der Waals surface area contributed by atoms with Gasteiger partial charge in [0.15, 0.2) is 5.96 Å². The Balaban J connectivity index is 1.87. The van der Waals surface area contributed by atoms with E-state index >= 15 is 0 Å². The van der Waals surface area contributed by atoms with Crippen LogP contribution in [0.3, 0.4) is 0 Å².